The first-order valence-corrected chi connectivity index (χ1v) is 7.49. The van der Waals surface area contributed by atoms with Gasteiger partial charge >= 0.3 is 5.97 Å². The molecule has 0 aromatic rings. The Kier molecular flexibility index (Phi) is 5.87. The van der Waals surface area contributed by atoms with Gasteiger partial charge in [-0.25, -0.2) is 0 Å². The molecule has 0 amide bonds. The van der Waals surface area contributed by atoms with E-state index in [1.807, 2.05) is 20.8 Å². The molecule has 3 heteroatoms. The van der Waals surface area contributed by atoms with Crippen LogP contribution in [0.15, 0.2) is 0 Å². The molecule has 1 N–H and O–H groups in total. The SMILES string of the molecule is CC(C)(C)CC(C)(C(=O)OC(C)(C)CCO)C(C)(C)C. The average Bonchev–Trinajstić information content (AvgIpc) is 2.11. The minimum Gasteiger partial charge on any atom is -0.459 e. The molecule has 0 aromatic heterocycles. The Morgan fingerprint density at radius 2 is 1.40 bits per heavy atom. The van der Waals surface area contributed by atoms with Crippen LogP contribution < -0.4 is 0 Å². The maximum Gasteiger partial charge on any atom is 0.312 e. The van der Waals surface area contributed by atoms with Gasteiger partial charge in [0.2, 0.25) is 0 Å². The molecule has 1 atom stereocenters. The van der Waals surface area contributed by atoms with Gasteiger partial charge in [-0.15, -0.1) is 0 Å². The lowest BCUT2D eigenvalue weighted by Gasteiger charge is -2.45. The predicted molar refractivity (Wildman–Crippen MR) is 83.5 cm³/mol. The average molecular weight is 286 g/mol. The fourth-order valence-corrected chi connectivity index (χ4v) is 2.39. The van der Waals surface area contributed by atoms with Crippen LogP contribution in [0.5, 0.6) is 0 Å². The zero-order valence-electron chi connectivity index (χ0n) is 14.9. The highest BCUT2D eigenvalue weighted by Crippen LogP contribution is 2.48. The Morgan fingerprint density at radius 3 is 1.70 bits per heavy atom. The summed E-state index contributed by atoms with van der Waals surface area (Å²) in [5, 5.41) is 9.07. The van der Waals surface area contributed by atoms with E-state index in [2.05, 4.69) is 41.5 Å². The predicted octanol–water partition coefficient (Wildman–Crippen LogP) is 4.18. The van der Waals surface area contributed by atoms with Crippen molar-refractivity contribution in [1.82, 2.24) is 0 Å². The van der Waals surface area contributed by atoms with E-state index in [-0.39, 0.29) is 23.4 Å². The first kappa shape index (κ1) is 19.4. The van der Waals surface area contributed by atoms with Gasteiger partial charge in [-0.1, -0.05) is 41.5 Å². The molecule has 0 saturated carbocycles. The quantitative estimate of drug-likeness (QED) is 0.771. The van der Waals surface area contributed by atoms with Crippen LogP contribution >= 0.6 is 0 Å². The van der Waals surface area contributed by atoms with Crippen molar-refractivity contribution in [2.75, 3.05) is 6.61 Å². The summed E-state index contributed by atoms with van der Waals surface area (Å²) in [6.45, 7) is 18.4. The molecule has 0 aromatic carbocycles. The third-order valence-corrected chi connectivity index (χ3v) is 4.07. The minimum absolute atomic E-state index is 0.0196. The highest BCUT2D eigenvalue weighted by molar-refractivity contribution is 5.78. The molecule has 0 spiro atoms. The van der Waals surface area contributed by atoms with Gasteiger partial charge in [-0.2, -0.15) is 0 Å². The zero-order valence-corrected chi connectivity index (χ0v) is 14.9. The van der Waals surface area contributed by atoms with E-state index >= 15 is 0 Å². The van der Waals surface area contributed by atoms with Crippen LogP contribution in [0.4, 0.5) is 0 Å². The summed E-state index contributed by atoms with van der Waals surface area (Å²) in [5.74, 6) is -0.168. The lowest BCUT2D eigenvalue weighted by Crippen LogP contribution is -2.47. The summed E-state index contributed by atoms with van der Waals surface area (Å²) in [4.78, 5) is 12.8. The first-order valence-electron chi connectivity index (χ1n) is 7.49. The Morgan fingerprint density at radius 1 is 0.950 bits per heavy atom. The van der Waals surface area contributed by atoms with Crippen LogP contribution in [-0.4, -0.2) is 23.3 Å². The molecule has 0 heterocycles. The van der Waals surface area contributed by atoms with Gasteiger partial charge in [-0.05, 0) is 38.0 Å². The van der Waals surface area contributed by atoms with Crippen LogP contribution in [0.3, 0.4) is 0 Å². The molecule has 0 aliphatic rings. The molecule has 0 radical (unpaired) electrons. The van der Waals surface area contributed by atoms with Crippen molar-refractivity contribution in [3.63, 3.8) is 0 Å². The fraction of sp³-hybridized carbons (Fsp3) is 0.941. The smallest absolute Gasteiger partial charge is 0.312 e. The van der Waals surface area contributed by atoms with Crippen molar-refractivity contribution in [2.24, 2.45) is 16.2 Å². The molecule has 0 saturated heterocycles. The Labute approximate surface area is 125 Å². The molecule has 0 aliphatic heterocycles. The number of hydrogen-bond donors (Lipinski definition) is 1. The standard InChI is InChI=1S/C17H34O3/c1-14(2,3)12-17(9,15(4,5)6)13(19)20-16(7,8)10-11-18/h18H,10-12H2,1-9H3. The van der Waals surface area contributed by atoms with Crippen molar-refractivity contribution in [2.45, 2.75) is 80.8 Å². The van der Waals surface area contributed by atoms with Crippen LogP contribution in [0.1, 0.15) is 75.2 Å². The van der Waals surface area contributed by atoms with Gasteiger partial charge in [0.25, 0.3) is 0 Å². The van der Waals surface area contributed by atoms with Crippen molar-refractivity contribution < 1.29 is 14.6 Å². The molecule has 0 bridgehead atoms. The number of hydrogen-bond acceptors (Lipinski definition) is 3. The summed E-state index contributed by atoms with van der Waals surface area (Å²) in [6.07, 6.45) is 1.21. The van der Waals surface area contributed by atoms with Crippen molar-refractivity contribution in [3.05, 3.63) is 0 Å². The molecular formula is C17H34O3. The summed E-state index contributed by atoms with van der Waals surface area (Å²) in [7, 11) is 0. The van der Waals surface area contributed by atoms with E-state index in [0.717, 1.165) is 6.42 Å². The van der Waals surface area contributed by atoms with Crippen LogP contribution in [0.25, 0.3) is 0 Å². The number of carbonyl (C=O) groups is 1. The second-order valence-corrected chi connectivity index (χ2v) is 8.94. The molecule has 0 aliphatic carbocycles. The van der Waals surface area contributed by atoms with Gasteiger partial charge in [-0.3, -0.25) is 4.79 Å². The number of aliphatic hydroxyl groups is 1. The number of rotatable bonds is 5. The molecule has 1 unspecified atom stereocenters. The van der Waals surface area contributed by atoms with Gasteiger partial charge in [0.15, 0.2) is 0 Å². The number of esters is 1. The third kappa shape index (κ3) is 5.43. The van der Waals surface area contributed by atoms with Gasteiger partial charge in [0.05, 0.1) is 5.41 Å². The number of carbonyl (C=O) groups excluding carboxylic acids is 1. The van der Waals surface area contributed by atoms with E-state index in [4.69, 9.17) is 9.84 Å². The second-order valence-electron chi connectivity index (χ2n) is 8.94. The normalized spacial score (nSPS) is 16.7. The van der Waals surface area contributed by atoms with Gasteiger partial charge in [0.1, 0.15) is 5.60 Å². The number of ether oxygens (including phenoxy) is 1. The topological polar surface area (TPSA) is 46.5 Å². The monoisotopic (exact) mass is 286 g/mol. The summed E-state index contributed by atoms with van der Waals surface area (Å²) in [6, 6.07) is 0. The van der Waals surface area contributed by atoms with E-state index in [1.165, 1.54) is 0 Å². The highest BCUT2D eigenvalue weighted by atomic mass is 16.6. The first-order chi connectivity index (χ1) is 8.65. The Balaban J connectivity index is 5.31. The molecule has 20 heavy (non-hydrogen) atoms. The maximum atomic E-state index is 12.8. The summed E-state index contributed by atoms with van der Waals surface area (Å²) >= 11 is 0. The zero-order chi connectivity index (χ0) is 16.4. The van der Waals surface area contributed by atoms with E-state index < -0.39 is 11.0 Å². The van der Waals surface area contributed by atoms with Crippen molar-refractivity contribution in [1.29, 1.82) is 0 Å². The van der Waals surface area contributed by atoms with Crippen molar-refractivity contribution >= 4 is 5.97 Å². The van der Waals surface area contributed by atoms with Gasteiger partial charge in [0, 0.05) is 13.0 Å². The van der Waals surface area contributed by atoms with E-state index in [9.17, 15) is 4.79 Å². The maximum absolute atomic E-state index is 12.8. The lowest BCUT2D eigenvalue weighted by molar-refractivity contribution is -0.179. The lowest BCUT2D eigenvalue weighted by atomic mass is 9.61. The molecule has 120 valence electrons. The van der Waals surface area contributed by atoms with Crippen LogP contribution in [0, 0.1) is 16.2 Å². The molecule has 3 nitrogen and oxygen atoms in total. The Hall–Kier alpha value is -0.570. The van der Waals surface area contributed by atoms with E-state index in [0.29, 0.717) is 6.42 Å². The largest absolute Gasteiger partial charge is 0.459 e. The summed E-state index contributed by atoms with van der Waals surface area (Å²) in [5.41, 5.74) is -1.33. The van der Waals surface area contributed by atoms with E-state index in [1.54, 1.807) is 0 Å². The van der Waals surface area contributed by atoms with Crippen LogP contribution in [-0.2, 0) is 9.53 Å². The molecular weight excluding hydrogens is 252 g/mol. The second kappa shape index (κ2) is 6.05. The molecule has 0 rings (SSSR count). The Bertz CT molecular complexity index is 331. The number of aliphatic hydroxyl groups excluding tert-OH is 1. The minimum atomic E-state index is -0.629. The van der Waals surface area contributed by atoms with Crippen LogP contribution in [0.2, 0.25) is 0 Å². The fourth-order valence-electron chi connectivity index (χ4n) is 2.39. The summed E-state index contributed by atoms with van der Waals surface area (Å²) < 4.78 is 5.72. The highest BCUT2D eigenvalue weighted by Gasteiger charge is 2.48. The van der Waals surface area contributed by atoms with Gasteiger partial charge < -0.3 is 9.84 Å². The third-order valence-electron chi connectivity index (χ3n) is 4.07. The molecule has 0 fully saturated rings. The van der Waals surface area contributed by atoms with Crippen molar-refractivity contribution in [3.8, 4) is 0 Å².